The topological polar surface area (TPSA) is 29.3 Å². The minimum Gasteiger partial charge on any atom is -0.456 e. The number of benzene rings is 3. The predicted molar refractivity (Wildman–Crippen MR) is 107 cm³/mol. The Morgan fingerprint density at radius 2 is 1.81 bits per heavy atom. The SMILES string of the molecule is C1=CN(c2cccnc2)c2cccc3cc4oc5ccccc5c4c1c23. The number of hydrogen-bond donors (Lipinski definition) is 0. The maximum atomic E-state index is 6.12. The van der Waals surface area contributed by atoms with Gasteiger partial charge in [-0.15, -0.1) is 0 Å². The molecule has 1 aliphatic heterocycles. The van der Waals surface area contributed by atoms with Crippen molar-refractivity contribution in [1.82, 2.24) is 4.98 Å². The van der Waals surface area contributed by atoms with Crippen molar-refractivity contribution in [3.8, 4) is 0 Å². The maximum Gasteiger partial charge on any atom is 0.136 e. The van der Waals surface area contributed by atoms with Crippen LogP contribution < -0.4 is 4.90 Å². The lowest BCUT2D eigenvalue weighted by Crippen LogP contribution is -2.12. The molecule has 26 heavy (non-hydrogen) atoms. The minimum absolute atomic E-state index is 0.929. The van der Waals surface area contributed by atoms with E-state index >= 15 is 0 Å². The first-order chi connectivity index (χ1) is 12.9. The van der Waals surface area contributed by atoms with Gasteiger partial charge in [-0.2, -0.15) is 0 Å². The first kappa shape index (κ1) is 13.7. The molecule has 0 saturated carbocycles. The van der Waals surface area contributed by atoms with Crippen LogP contribution in [0.2, 0.25) is 0 Å². The van der Waals surface area contributed by atoms with E-state index in [9.17, 15) is 0 Å². The van der Waals surface area contributed by atoms with Gasteiger partial charge in [0, 0.05) is 28.6 Å². The van der Waals surface area contributed by atoms with Crippen molar-refractivity contribution in [3.05, 3.63) is 84.8 Å². The average Bonchev–Trinajstić information content (AvgIpc) is 3.07. The lowest BCUT2D eigenvalue weighted by molar-refractivity contribution is 0.669. The number of nitrogens with zero attached hydrogens (tertiary/aromatic N) is 2. The third-order valence-corrected chi connectivity index (χ3v) is 5.10. The van der Waals surface area contributed by atoms with Gasteiger partial charge in [-0.25, -0.2) is 0 Å². The number of hydrogen-bond acceptors (Lipinski definition) is 3. The average molecular weight is 334 g/mol. The quantitative estimate of drug-likeness (QED) is 0.362. The highest BCUT2D eigenvalue weighted by molar-refractivity contribution is 6.19. The van der Waals surface area contributed by atoms with E-state index in [1.54, 1.807) is 6.20 Å². The molecule has 0 radical (unpaired) electrons. The molecule has 0 atom stereocenters. The Balaban J connectivity index is 1.76. The molecule has 3 aromatic carbocycles. The van der Waals surface area contributed by atoms with Crippen LogP contribution in [0.3, 0.4) is 0 Å². The summed E-state index contributed by atoms with van der Waals surface area (Å²) in [6.45, 7) is 0. The highest BCUT2D eigenvalue weighted by Gasteiger charge is 2.21. The van der Waals surface area contributed by atoms with Crippen LogP contribution >= 0.6 is 0 Å². The fourth-order valence-corrected chi connectivity index (χ4v) is 4.00. The standard InChI is InChI=1S/C23H14N2O/c1-2-9-20-17(7-1)23-18-10-12-25(16-6-4-11-24-14-16)19-8-3-5-15(22(18)19)13-21(23)26-20/h1-14H. The van der Waals surface area contributed by atoms with Crippen LogP contribution in [0.5, 0.6) is 0 Å². The van der Waals surface area contributed by atoms with Crippen LogP contribution in [0.4, 0.5) is 11.4 Å². The number of furan rings is 1. The van der Waals surface area contributed by atoms with E-state index < -0.39 is 0 Å². The molecule has 3 nitrogen and oxygen atoms in total. The zero-order valence-electron chi connectivity index (χ0n) is 13.9. The van der Waals surface area contributed by atoms with E-state index in [2.05, 4.69) is 64.6 Å². The molecule has 122 valence electrons. The molecule has 1 aliphatic rings. The van der Waals surface area contributed by atoms with Crippen LogP contribution in [0.1, 0.15) is 5.56 Å². The van der Waals surface area contributed by atoms with E-state index in [4.69, 9.17) is 4.42 Å². The molecule has 3 heteroatoms. The van der Waals surface area contributed by atoms with Crippen molar-refractivity contribution in [3.63, 3.8) is 0 Å². The number of fused-ring (bicyclic) bond motifs is 4. The van der Waals surface area contributed by atoms with E-state index in [-0.39, 0.29) is 0 Å². The Bertz CT molecular complexity index is 1330. The Hall–Kier alpha value is -3.59. The fraction of sp³-hybridized carbons (Fsp3) is 0. The molecule has 0 N–H and O–H groups in total. The second kappa shape index (κ2) is 4.96. The predicted octanol–water partition coefficient (Wildman–Crippen LogP) is 6.26. The maximum absolute atomic E-state index is 6.12. The fourth-order valence-electron chi connectivity index (χ4n) is 4.00. The first-order valence-corrected chi connectivity index (χ1v) is 8.64. The highest BCUT2D eigenvalue weighted by atomic mass is 16.3. The Labute approximate surface area is 149 Å². The largest absolute Gasteiger partial charge is 0.456 e. The van der Waals surface area contributed by atoms with Crippen LogP contribution in [-0.2, 0) is 0 Å². The van der Waals surface area contributed by atoms with Gasteiger partial charge in [-0.05, 0) is 47.4 Å². The molecule has 0 amide bonds. The van der Waals surface area contributed by atoms with Gasteiger partial charge in [0.05, 0.1) is 17.6 Å². The number of para-hydroxylation sites is 1. The van der Waals surface area contributed by atoms with Crippen molar-refractivity contribution in [2.45, 2.75) is 0 Å². The van der Waals surface area contributed by atoms with Gasteiger partial charge in [0.25, 0.3) is 0 Å². The van der Waals surface area contributed by atoms with E-state index in [1.165, 1.54) is 27.4 Å². The van der Waals surface area contributed by atoms with E-state index in [1.807, 2.05) is 24.4 Å². The van der Waals surface area contributed by atoms with Crippen molar-refractivity contribution in [2.75, 3.05) is 4.90 Å². The lowest BCUT2D eigenvalue weighted by Gasteiger charge is -2.26. The summed E-state index contributed by atoms with van der Waals surface area (Å²) in [5.74, 6) is 0. The molecular formula is C23H14N2O. The zero-order valence-corrected chi connectivity index (χ0v) is 13.9. The van der Waals surface area contributed by atoms with Gasteiger partial charge in [0.1, 0.15) is 11.2 Å². The summed E-state index contributed by atoms with van der Waals surface area (Å²) >= 11 is 0. The van der Waals surface area contributed by atoms with E-state index in [0.717, 1.165) is 22.2 Å². The second-order valence-electron chi connectivity index (χ2n) is 6.53. The molecule has 3 heterocycles. The molecule has 0 fully saturated rings. The molecular weight excluding hydrogens is 320 g/mol. The van der Waals surface area contributed by atoms with E-state index in [0.29, 0.717) is 0 Å². The summed E-state index contributed by atoms with van der Waals surface area (Å²) in [5.41, 5.74) is 5.31. The van der Waals surface area contributed by atoms with Crippen molar-refractivity contribution in [2.24, 2.45) is 0 Å². The normalized spacial score (nSPS) is 13.2. The molecule has 0 bridgehead atoms. The minimum atomic E-state index is 0.929. The molecule has 0 aliphatic carbocycles. The second-order valence-corrected chi connectivity index (χ2v) is 6.53. The summed E-state index contributed by atoms with van der Waals surface area (Å²) in [6, 6.07) is 20.8. The Morgan fingerprint density at radius 1 is 0.846 bits per heavy atom. The number of pyridine rings is 1. The highest BCUT2D eigenvalue weighted by Crippen LogP contribution is 2.44. The van der Waals surface area contributed by atoms with Crippen LogP contribution in [-0.4, -0.2) is 4.98 Å². The molecule has 0 saturated heterocycles. The zero-order chi connectivity index (χ0) is 17.1. The molecule has 6 rings (SSSR count). The van der Waals surface area contributed by atoms with Gasteiger partial charge < -0.3 is 9.32 Å². The molecule has 0 spiro atoms. The summed E-state index contributed by atoms with van der Waals surface area (Å²) in [5, 5.41) is 4.77. The third kappa shape index (κ3) is 1.74. The van der Waals surface area contributed by atoms with Crippen molar-refractivity contribution < 1.29 is 4.42 Å². The van der Waals surface area contributed by atoms with Crippen LogP contribution in [0.25, 0.3) is 38.8 Å². The smallest absolute Gasteiger partial charge is 0.136 e. The van der Waals surface area contributed by atoms with Gasteiger partial charge in [0.15, 0.2) is 0 Å². The molecule has 2 aromatic heterocycles. The summed E-state index contributed by atoms with van der Waals surface area (Å²) < 4.78 is 6.12. The molecule has 0 unspecified atom stereocenters. The Morgan fingerprint density at radius 3 is 2.73 bits per heavy atom. The number of anilines is 2. The van der Waals surface area contributed by atoms with Gasteiger partial charge in [0.2, 0.25) is 0 Å². The summed E-state index contributed by atoms with van der Waals surface area (Å²) in [7, 11) is 0. The number of rotatable bonds is 1. The van der Waals surface area contributed by atoms with Gasteiger partial charge in [-0.3, -0.25) is 4.98 Å². The lowest BCUT2D eigenvalue weighted by atomic mass is 9.95. The summed E-state index contributed by atoms with van der Waals surface area (Å²) in [4.78, 5) is 6.46. The first-order valence-electron chi connectivity index (χ1n) is 8.64. The van der Waals surface area contributed by atoms with Crippen LogP contribution in [0.15, 0.2) is 83.7 Å². The van der Waals surface area contributed by atoms with Gasteiger partial charge in [-0.1, -0.05) is 30.3 Å². The van der Waals surface area contributed by atoms with Crippen molar-refractivity contribution in [1.29, 1.82) is 0 Å². The third-order valence-electron chi connectivity index (χ3n) is 5.10. The van der Waals surface area contributed by atoms with Crippen LogP contribution in [0, 0.1) is 0 Å². The summed E-state index contributed by atoms with van der Waals surface area (Å²) in [6.07, 6.45) is 7.99. The molecule has 5 aromatic rings. The Kier molecular flexibility index (Phi) is 2.61. The monoisotopic (exact) mass is 334 g/mol. The number of aromatic nitrogens is 1. The van der Waals surface area contributed by atoms with Gasteiger partial charge >= 0.3 is 0 Å². The van der Waals surface area contributed by atoms with Crippen molar-refractivity contribution >= 4 is 50.2 Å².